The van der Waals surface area contributed by atoms with Gasteiger partial charge in [-0.1, -0.05) is 29.5 Å². The van der Waals surface area contributed by atoms with Crippen molar-refractivity contribution in [2.45, 2.75) is 29.7 Å². The number of aryl methyl sites for hydroxylation is 1. The van der Waals surface area contributed by atoms with E-state index in [9.17, 15) is 13.2 Å². The van der Waals surface area contributed by atoms with Gasteiger partial charge in [0.25, 0.3) is 0 Å². The molecule has 0 bridgehead atoms. The minimum absolute atomic E-state index is 0.141. The van der Waals surface area contributed by atoms with Crippen LogP contribution in [0.3, 0.4) is 0 Å². The Balaban J connectivity index is 2.03. The minimum Gasteiger partial charge on any atom is -0.497 e. The molecule has 2 rings (SSSR count). The number of rotatable bonds is 6. The molecule has 0 unspecified atom stereocenters. The Morgan fingerprint density at radius 1 is 1.08 bits per heavy atom. The van der Waals surface area contributed by atoms with E-state index in [2.05, 4.69) is 4.72 Å². The average molecular weight is 365 g/mol. The summed E-state index contributed by atoms with van der Waals surface area (Å²) in [6.07, 6.45) is 0. The third kappa shape index (κ3) is 4.83. The molecule has 0 fully saturated rings. The third-order valence-corrected chi connectivity index (χ3v) is 5.91. The average Bonchev–Trinajstić information content (AvgIpc) is 2.55. The second-order valence-electron chi connectivity index (χ2n) is 5.25. The molecule has 24 heavy (non-hydrogen) atoms. The van der Waals surface area contributed by atoms with Crippen molar-refractivity contribution in [1.82, 2.24) is 4.72 Å². The molecule has 7 heteroatoms. The Bertz CT molecular complexity index is 799. The van der Waals surface area contributed by atoms with Gasteiger partial charge in [-0.3, -0.25) is 4.79 Å². The van der Waals surface area contributed by atoms with Crippen LogP contribution in [-0.2, 0) is 14.8 Å². The first-order chi connectivity index (χ1) is 11.3. The highest BCUT2D eigenvalue weighted by atomic mass is 32.2. The van der Waals surface area contributed by atoms with E-state index in [0.717, 1.165) is 22.2 Å². The maximum absolute atomic E-state index is 12.3. The van der Waals surface area contributed by atoms with Gasteiger partial charge in [-0.05, 0) is 50.2 Å². The van der Waals surface area contributed by atoms with Crippen LogP contribution in [0.15, 0.2) is 58.3 Å². The largest absolute Gasteiger partial charge is 0.497 e. The van der Waals surface area contributed by atoms with E-state index in [4.69, 9.17) is 4.74 Å². The lowest BCUT2D eigenvalue weighted by Crippen LogP contribution is -2.37. The van der Waals surface area contributed by atoms with Crippen LogP contribution in [0.1, 0.15) is 12.5 Å². The zero-order valence-electron chi connectivity index (χ0n) is 13.6. The van der Waals surface area contributed by atoms with Gasteiger partial charge in [-0.2, -0.15) is 4.72 Å². The molecule has 5 nitrogen and oxygen atoms in total. The maximum atomic E-state index is 12.3. The fourth-order valence-corrected chi connectivity index (χ4v) is 3.93. The number of carbonyl (C=O) groups is 1. The summed E-state index contributed by atoms with van der Waals surface area (Å²) in [6, 6.07) is 12.6. The number of benzene rings is 2. The zero-order valence-corrected chi connectivity index (χ0v) is 15.3. The van der Waals surface area contributed by atoms with Crippen LogP contribution in [0.2, 0.25) is 0 Å². The monoisotopic (exact) mass is 365 g/mol. The molecule has 0 radical (unpaired) electrons. The van der Waals surface area contributed by atoms with Gasteiger partial charge in [0.15, 0.2) is 0 Å². The van der Waals surface area contributed by atoms with E-state index >= 15 is 0 Å². The van der Waals surface area contributed by atoms with E-state index in [1.54, 1.807) is 43.5 Å². The number of thioether (sulfide) groups is 1. The fraction of sp³-hybridized carbons (Fsp3) is 0.235. The predicted octanol–water partition coefficient (Wildman–Crippen LogP) is 2.99. The number of carbonyl (C=O) groups excluding carboxylic acids is 1. The molecule has 0 aliphatic rings. The molecule has 1 atom stereocenters. The van der Waals surface area contributed by atoms with Gasteiger partial charge in [0, 0.05) is 4.90 Å². The van der Waals surface area contributed by atoms with Gasteiger partial charge in [-0.25, -0.2) is 8.42 Å². The highest BCUT2D eigenvalue weighted by Gasteiger charge is 2.22. The van der Waals surface area contributed by atoms with Crippen LogP contribution in [0.25, 0.3) is 0 Å². The van der Waals surface area contributed by atoms with Gasteiger partial charge in [0.2, 0.25) is 15.1 Å². The second-order valence-corrected chi connectivity index (χ2v) is 8.04. The fourth-order valence-electron chi connectivity index (χ4n) is 1.91. The molecule has 2 aromatic rings. The predicted molar refractivity (Wildman–Crippen MR) is 94.8 cm³/mol. The Kier molecular flexibility index (Phi) is 6.04. The summed E-state index contributed by atoms with van der Waals surface area (Å²) in [4.78, 5) is 13.1. The first kappa shape index (κ1) is 18.5. The van der Waals surface area contributed by atoms with Crippen molar-refractivity contribution in [1.29, 1.82) is 0 Å². The number of methoxy groups -OCH3 is 1. The first-order valence-corrected chi connectivity index (χ1v) is 9.56. The molecule has 1 N–H and O–H groups in total. The molecular formula is C17H19NO4S2. The molecular weight excluding hydrogens is 346 g/mol. The van der Waals surface area contributed by atoms with Gasteiger partial charge in [0.05, 0.1) is 18.0 Å². The van der Waals surface area contributed by atoms with Crippen LogP contribution in [-0.4, -0.2) is 26.7 Å². The Labute approximate surface area is 146 Å². The van der Waals surface area contributed by atoms with Gasteiger partial charge >= 0.3 is 0 Å². The smallest absolute Gasteiger partial charge is 0.241 e. The number of nitrogens with one attached hydrogen (secondary N) is 1. The second kappa shape index (κ2) is 7.83. The molecule has 0 aliphatic heterocycles. The summed E-state index contributed by atoms with van der Waals surface area (Å²) in [5.41, 5.74) is 0.966. The highest BCUT2D eigenvalue weighted by Crippen LogP contribution is 2.23. The molecule has 0 heterocycles. The molecule has 0 spiro atoms. The standard InChI is InChI=1S/C17H19NO4S2/c1-12-4-10-16(11-5-12)24(20,21)18-13(2)17(19)23-15-8-6-14(22-3)7-9-15/h4-11,13,18H,1-3H3/t13-/m0/s1. The minimum atomic E-state index is -3.73. The van der Waals surface area contributed by atoms with Crippen LogP contribution in [0.4, 0.5) is 0 Å². The number of ether oxygens (including phenoxy) is 1. The summed E-state index contributed by atoms with van der Waals surface area (Å²) in [5.74, 6) is 0.694. The normalized spacial score (nSPS) is 12.6. The van der Waals surface area contributed by atoms with Crippen molar-refractivity contribution >= 4 is 26.9 Å². The summed E-state index contributed by atoms with van der Waals surface area (Å²) in [7, 11) is -2.16. The van der Waals surface area contributed by atoms with Crippen molar-refractivity contribution in [3.8, 4) is 5.75 Å². The molecule has 128 valence electrons. The Morgan fingerprint density at radius 3 is 2.21 bits per heavy atom. The summed E-state index contributed by atoms with van der Waals surface area (Å²) < 4.78 is 32.1. The number of hydrogen-bond acceptors (Lipinski definition) is 5. The van der Waals surface area contributed by atoms with Gasteiger partial charge < -0.3 is 4.74 Å². The van der Waals surface area contributed by atoms with E-state index in [1.807, 2.05) is 6.92 Å². The number of hydrogen-bond donors (Lipinski definition) is 1. The van der Waals surface area contributed by atoms with Crippen molar-refractivity contribution in [3.05, 3.63) is 54.1 Å². The van der Waals surface area contributed by atoms with E-state index in [0.29, 0.717) is 5.75 Å². The molecule has 0 amide bonds. The van der Waals surface area contributed by atoms with Crippen LogP contribution < -0.4 is 9.46 Å². The lowest BCUT2D eigenvalue weighted by Gasteiger charge is -2.13. The Morgan fingerprint density at radius 2 is 1.67 bits per heavy atom. The lowest BCUT2D eigenvalue weighted by molar-refractivity contribution is -0.112. The molecule has 0 saturated heterocycles. The van der Waals surface area contributed by atoms with Crippen molar-refractivity contribution in [2.24, 2.45) is 0 Å². The van der Waals surface area contributed by atoms with Gasteiger partial charge in [0.1, 0.15) is 5.75 Å². The molecule has 0 aliphatic carbocycles. The highest BCUT2D eigenvalue weighted by molar-refractivity contribution is 8.13. The molecule has 2 aromatic carbocycles. The van der Waals surface area contributed by atoms with Crippen molar-refractivity contribution < 1.29 is 17.9 Å². The summed E-state index contributed by atoms with van der Waals surface area (Å²) in [5, 5.41) is -0.282. The third-order valence-electron chi connectivity index (χ3n) is 3.29. The van der Waals surface area contributed by atoms with Crippen molar-refractivity contribution in [2.75, 3.05) is 7.11 Å². The summed E-state index contributed by atoms with van der Waals surface area (Å²) in [6.45, 7) is 3.41. The van der Waals surface area contributed by atoms with Crippen LogP contribution in [0, 0.1) is 6.92 Å². The maximum Gasteiger partial charge on any atom is 0.241 e. The van der Waals surface area contributed by atoms with E-state index < -0.39 is 16.1 Å². The van der Waals surface area contributed by atoms with E-state index in [-0.39, 0.29) is 10.0 Å². The SMILES string of the molecule is COc1ccc(SC(=O)[C@H](C)NS(=O)(=O)c2ccc(C)cc2)cc1. The van der Waals surface area contributed by atoms with Crippen molar-refractivity contribution in [3.63, 3.8) is 0 Å². The van der Waals surface area contributed by atoms with Crippen LogP contribution in [0.5, 0.6) is 5.75 Å². The Hall–Kier alpha value is -1.83. The van der Waals surface area contributed by atoms with E-state index in [1.165, 1.54) is 19.1 Å². The topological polar surface area (TPSA) is 72.5 Å². The van der Waals surface area contributed by atoms with Crippen LogP contribution >= 0.6 is 11.8 Å². The number of sulfonamides is 1. The quantitative estimate of drug-likeness (QED) is 0.797. The lowest BCUT2D eigenvalue weighted by atomic mass is 10.2. The van der Waals surface area contributed by atoms with Gasteiger partial charge in [-0.15, -0.1) is 0 Å². The first-order valence-electron chi connectivity index (χ1n) is 7.26. The zero-order chi connectivity index (χ0) is 17.7. The summed E-state index contributed by atoms with van der Waals surface area (Å²) >= 11 is 0.988. The molecule has 0 saturated carbocycles. The molecule has 0 aromatic heterocycles.